The zero-order valence-corrected chi connectivity index (χ0v) is 24.2. The minimum atomic E-state index is -0.0210. The number of nitrogens with one attached hydrogen (secondary N) is 2. The predicted octanol–water partition coefficient (Wildman–Crippen LogP) is 1.32. The summed E-state index contributed by atoms with van der Waals surface area (Å²) in [6.45, 7) is 6.93. The Hall–Kier alpha value is -4.60. The van der Waals surface area contributed by atoms with Crippen molar-refractivity contribution in [3.8, 4) is 17.7 Å². The van der Waals surface area contributed by atoms with Gasteiger partial charge in [0.05, 0.1) is 36.1 Å². The Morgan fingerprint density at radius 2 is 1.95 bits per heavy atom. The highest BCUT2D eigenvalue weighted by Gasteiger charge is 2.36. The first-order valence-corrected chi connectivity index (χ1v) is 14.8. The molecule has 1 amide bonds. The van der Waals surface area contributed by atoms with E-state index in [2.05, 4.69) is 48.7 Å². The van der Waals surface area contributed by atoms with Crippen molar-refractivity contribution in [2.75, 3.05) is 66.1 Å². The number of amides is 1. The Balaban J connectivity index is 1.02. The van der Waals surface area contributed by atoms with Gasteiger partial charge in [-0.1, -0.05) is 6.08 Å². The van der Waals surface area contributed by atoms with E-state index < -0.39 is 0 Å². The summed E-state index contributed by atoms with van der Waals surface area (Å²) in [4.78, 5) is 23.7. The number of dihydropyridines is 1. The molecular formula is C31H35N9O3. The summed E-state index contributed by atoms with van der Waals surface area (Å²) in [6, 6.07) is 9.02. The number of ether oxygens (including phenoxy) is 2. The first-order valence-electron chi connectivity index (χ1n) is 14.8. The van der Waals surface area contributed by atoms with Crippen molar-refractivity contribution in [2.45, 2.75) is 18.5 Å². The van der Waals surface area contributed by atoms with E-state index in [9.17, 15) is 10.1 Å². The van der Waals surface area contributed by atoms with Crippen LogP contribution in [-0.2, 0) is 0 Å². The largest absolute Gasteiger partial charge is 0.491 e. The lowest BCUT2D eigenvalue weighted by molar-refractivity contribution is 0.0662. The van der Waals surface area contributed by atoms with Crippen molar-refractivity contribution in [1.29, 1.82) is 5.26 Å². The molecule has 5 aliphatic rings. The van der Waals surface area contributed by atoms with E-state index in [0.717, 1.165) is 60.9 Å². The van der Waals surface area contributed by atoms with Crippen molar-refractivity contribution in [1.82, 2.24) is 39.9 Å². The highest BCUT2D eigenvalue weighted by molar-refractivity contribution is 5.94. The maximum atomic E-state index is 12.9. The van der Waals surface area contributed by atoms with E-state index in [1.54, 1.807) is 36.2 Å². The highest BCUT2D eigenvalue weighted by Crippen LogP contribution is 2.30. The number of hydrogen-bond acceptors (Lipinski definition) is 10. The Morgan fingerprint density at radius 3 is 2.63 bits per heavy atom. The summed E-state index contributed by atoms with van der Waals surface area (Å²) in [5, 5.41) is 21.3. The number of rotatable bonds is 8. The van der Waals surface area contributed by atoms with Crippen LogP contribution in [0, 0.1) is 11.3 Å². The zero-order valence-electron chi connectivity index (χ0n) is 24.2. The lowest BCUT2D eigenvalue weighted by Gasteiger charge is -2.48. The number of nitriles is 1. The summed E-state index contributed by atoms with van der Waals surface area (Å²) in [5.41, 5.74) is 3.86. The van der Waals surface area contributed by atoms with Gasteiger partial charge in [0.2, 0.25) is 5.88 Å². The second kappa shape index (κ2) is 11.6. The van der Waals surface area contributed by atoms with Crippen molar-refractivity contribution in [3.05, 3.63) is 71.5 Å². The van der Waals surface area contributed by atoms with Crippen molar-refractivity contribution < 1.29 is 14.3 Å². The smallest absolute Gasteiger partial charge is 0.255 e. The van der Waals surface area contributed by atoms with Crippen LogP contribution in [0.4, 0.5) is 0 Å². The van der Waals surface area contributed by atoms with Gasteiger partial charge >= 0.3 is 0 Å². The van der Waals surface area contributed by atoms with Crippen LogP contribution in [0.15, 0.2) is 54.8 Å². The van der Waals surface area contributed by atoms with E-state index in [-0.39, 0.29) is 5.91 Å². The molecule has 0 saturated carbocycles. The molecule has 12 nitrogen and oxygen atoms in total. The van der Waals surface area contributed by atoms with E-state index >= 15 is 0 Å². The number of nitrogens with zero attached hydrogens (tertiary/aromatic N) is 7. The molecule has 0 radical (unpaired) electrons. The average molecular weight is 582 g/mol. The Kier molecular flexibility index (Phi) is 7.34. The fraction of sp³-hybridized carbons (Fsp3) is 0.419. The zero-order chi connectivity index (χ0) is 29.3. The fourth-order valence-electron chi connectivity index (χ4n) is 6.43. The maximum absolute atomic E-state index is 12.9. The molecule has 2 unspecified atom stereocenters. The quantitative estimate of drug-likeness (QED) is 0.403. The number of hydrogen-bond donors (Lipinski definition) is 2. The van der Waals surface area contributed by atoms with Crippen molar-refractivity contribution in [2.24, 2.45) is 0 Å². The molecule has 8 heterocycles. The molecule has 4 fully saturated rings. The molecule has 222 valence electrons. The first kappa shape index (κ1) is 27.2. The minimum absolute atomic E-state index is 0.0210. The van der Waals surface area contributed by atoms with Crippen LogP contribution in [0.3, 0.4) is 0 Å². The Morgan fingerprint density at radius 1 is 1.14 bits per heavy atom. The monoisotopic (exact) mass is 581 g/mol. The van der Waals surface area contributed by atoms with Crippen LogP contribution in [-0.4, -0.2) is 113 Å². The summed E-state index contributed by atoms with van der Waals surface area (Å²) >= 11 is 0. The normalized spacial score (nSPS) is 21.8. The molecule has 2 atom stereocenters. The molecule has 0 aromatic carbocycles. The summed E-state index contributed by atoms with van der Waals surface area (Å²) in [7, 11) is 1.56. The Bertz CT molecular complexity index is 1600. The second-order valence-corrected chi connectivity index (χ2v) is 11.4. The first-order chi connectivity index (χ1) is 21.1. The minimum Gasteiger partial charge on any atom is -0.491 e. The molecular weight excluding hydrogens is 546 g/mol. The van der Waals surface area contributed by atoms with Crippen molar-refractivity contribution >= 4 is 17.0 Å². The molecule has 3 aromatic rings. The third-order valence-corrected chi connectivity index (χ3v) is 8.73. The van der Waals surface area contributed by atoms with E-state index in [1.165, 1.54) is 6.42 Å². The van der Waals surface area contributed by atoms with Gasteiger partial charge in [-0.25, -0.2) is 9.50 Å². The predicted molar refractivity (Wildman–Crippen MR) is 159 cm³/mol. The maximum Gasteiger partial charge on any atom is 0.255 e. The van der Waals surface area contributed by atoms with E-state index in [4.69, 9.17) is 9.47 Å². The standard InChI is InChI=1S/C31H35N9O3/c1-42-29-5-3-22(16-34-29)31(41)39-8-6-38(7-9-39)28-4-2-21(15-33-28)27-13-26(20-40-30(27)23(14-32)17-35-40)43-11-10-37-18-24-12-25(19-37)36-24/h2-5,13,16-17,20,24-25,33,36H,6-12,15,18-19H2,1H3. The fourth-order valence-corrected chi connectivity index (χ4v) is 6.43. The van der Waals surface area contributed by atoms with Crippen LogP contribution in [0.25, 0.3) is 11.1 Å². The number of piperidine rings is 1. The molecule has 43 heavy (non-hydrogen) atoms. The third-order valence-electron chi connectivity index (χ3n) is 8.73. The molecule has 3 aromatic heterocycles. The molecule has 0 aliphatic carbocycles. The number of pyridine rings is 2. The molecule has 2 bridgehead atoms. The topological polar surface area (TPSA) is 123 Å². The average Bonchev–Trinajstić information content (AvgIpc) is 3.47. The van der Waals surface area contributed by atoms with Crippen molar-refractivity contribution in [3.63, 3.8) is 0 Å². The molecule has 8 rings (SSSR count). The summed E-state index contributed by atoms with van der Waals surface area (Å²) < 4.78 is 13.1. The van der Waals surface area contributed by atoms with Gasteiger partial charge in [0.25, 0.3) is 5.91 Å². The van der Waals surface area contributed by atoms with Gasteiger partial charge in [-0.15, -0.1) is 0 Å². The van der Waals surface area contributed by atoms with Gasteiger partial charge in [0, 0.05) is 82.3 Å². The van der Waals surface area contributed by atoms with Crippen LogP contribution in [0.1, 0.15) is 27.9 Å². The van der Waals surface area contributed by atoms with Gasteiger partial charge in [0.15, 0.2) is 0 Å². The molecule has 12 heteroatoms. The highest BCUT2D eigenvalue weighted by atomic mass is 16.5. The molecule has 5 aliphatic heterocycles. The van der Waals surface area contributed by atoms with Gasteiger partial charge in [-0.2, -0.15) is 10.4 Å². The summed E-state index contributed by atoms with van der Waals surface area (Å²) in [5.74, 6) is 2.22. The lowest BCUT2D eigenvalue weighted by Crippen LogP contribution is -2.67. The number of piperazine rings is 2. The number of fused-ring (bicyclic) bond motifs is 3. The van der Waals surface area contributed by atoms with Crippen LogP contribution >= 0.6 is 0 Å². The van der Waals surface area contributed by atoms with Crippen LogP contribution in [0.2, 0.25) is 0 Å². The SMILES string of the molecule is COc1ccc(C(=O)N2CCN(C3=CC=C(c4cc(OCCN5CC6CC(C5)N6)cn5ncc(C#N)c45)CN3)CC2)cn1. The lowest BCUT2D eigenvalue weighted by atomic mass is 9.91. The number of aromatic nitrogens is 3. The van der Waals surface area contributed by atoms with E-state index in [1.807, 2.05) is 17.2 Å². The van der Waals surface area contributed by atoms with Gasteiger partial charge in [-0.3, -0.25) is 9.69 Å². The van der Waals surface area contributed by atoms with Gasteiger partial charge < -0.3 is 29.9 Å². The van der Waals surface area contributed by atoms with Gasteiger partial charge in [-0.05, 0) is 30.2 Å². The second-order valence-electron chi connectivity index (χ2n) is 11.4. The number of carbonyl (C=O) groups excluding carboxylic acids is 1. The number of methoxy groups -OCH3 is 1. The molecule has 2 N–H and O–H groups in total. The van der Waals surface area contributed by atoms with E-state index in [0.29, 0.717) is 55.3 Å². The van der Waals surface area contributed by atoms with Crippen LogP contribution in [0.5, 0.6) is 11.6 Å². The number of allylic oxidation sites excluding steroid dienone is 2. The van der Waals surface area contributed by atoms with Gasteiger partial charge in [0.1, 0.15) is 24.2 Å². The Labute approximate surface area is 250 Å². The molecule has 0 spiro atoms. The summed E-state index contributed by atoms with van der Waals surface area (Å²) in [6.07, 6.45) is 10.5. The third kappa shape index (κ3) is 5.49. The van der Waals surface area contributed by atoms with Crippen LogP contribution < -0.4 is 20.1 Å². The molecule has 4 saturated heterocycles. The number of carbonyl (C=O) groups is 1.